The van der Waals surface area contributed by atoms with Gasteiger partial charge in [-0.05, 0) is 49.7 Å². The van der Waals surface area contributed by atoms with Crippen molar-refractivity contribution in [3.05, 3.63) is 85.5 Å². The lowest BCUT2D eigenvalue weighted by Crippen LogP contribution is -2.16. The number of rotatable bonds is 9. The first kappa shape index (κ1) is 25.1. The summed E-state index contributed by atoms with van der Waals surface area (Å²) in [5.74, 6) is -3.09. The maximum Gasteiger partial charge on any atom is 0.351 e. The van der Waals surface area contributed by atoms with Crippen molar-refractivity contribution in [3.8, 4) is 16.7 Å². The topological polar surface area (TPSA) is 116 Å². The molecule has 3 aromatic rings. The van der Waals surface area contributed by atoms with E-state index in [0.717, 1.165) is 23.5 Å². The van der Waals surface area contributed by atoms with Crippen molar-refractivity contribution >= 4 is 34.8 Å². The predicted octanol–water partition coefficient (Wildman–Crippen LogP) is 5.61. The molecule has 7 nitrogen and oxygen atoms in total. The number of nitrogens with zero attached hydrogens (tertiary/aromatic N) is 1. The van der Waals surface area contributed by atoms with Crippen LogP contribution in [-0.4, -0.2) is 15.9 Å². The third-order valence-electron chi connectivity index (χ3n) is 4.53. The summed E-state index contributed by atoms with van der Waals surface area (Å²) in [7, 11) is 0. The van der Waals surface area contributed by atoms with Gasteiger partial charge in [-0.25, -0.2) is 13.6 Å². The van der Waals surface area contributed by atoms with Gasteiger partial charge in [-0.3, -0.25) is 4.79 Å². The van der Waals surface area contributed by atoms with Gasteiger partial charge < -0.3 is 20.0 Å². The molecule has 0 fully saturated rings. The number of aromatic hydroxyl groups is 1. The Hall–Kier alpha value is -3.50. The second-order valence-electron chi connectivity index (χ2n) is 7.05. The van der Waals surface area contributed by atoms with Crippen LogP contribution in [0, 0.1) is 11.6 Å². The Morgan fingerprint density at radius 2 is 2.09 bits per heavy atom. The minimum atomic E-state index is -1.08. The van der Waals surface area contributed by atoms with Crippen LogP contribution in [0.1, 0.15) is 40.8 Å². The molecule has 0 aliphatic rings. The molecule has 0 saturated carbocycles. The number of hydrogen-bond donors (Lipinski definition) is 2. The molecule has 34 heavy (non-hydrogen) atoms. The third kappa shape index (κ3) is 6.09. The quantitative estimate of drug-likeness (QED) is 0.219. The van der Waals surface area contributed by atoms with Crippen molar-refractivity contribution in [1.82, 2.24) is 4.98 Å². The van der Waals surface area contributed by atoms with E-state index in [1.54, 1.807) is 6.08 Å². The number of thiazole rings is 1. The van der Waals surface area contributed by atoms with Gasteiger partial charge >= 0.3 is 5.63 Å². The first-order valence-electron chi connectivity index (χ1n) is 9.94. The van der Waals surface area contributed by atoms with Gasteiger partial charge in [0, 0.05) is 18.6 Å². The Labute approximate surface area is 201 Å². The molecule has 0 atom stereocenters. The molecule has 178 valence electrons. The van der Waals surface area contributed by atoms with Gasteiger partial charge in [0.1, 0.15) is 22.8 Å². The number of ketones is 1. The monoisotopic (exact) mass is 508 g/mol. The smallest absolute Gasteiger partial charge is 0.351 e. The molecule has 11 heteroatoms. The van der Waals surface area contributed by atoms with E-state index >= 15 is 0 Å². The fourth-order valence-electron chi connectivity index (χ4n) is 2.88. The number of Topliss-reactive ketones (excluding diaryl/α,β-unsaturated/α-hetero) is 1. The summed E-state index contributed by atoms with van der Waals surface area (Å²) in [5.41, 5.74) is 3.88. The van der Waals surface area contributed by atoms with Crippen molar-refractivity contribution in [3.63, 3.8) is 0 Å². The van der Waals surface area contributed by atoms with E-state index in [1.165, 1.54) is 31.3 Å². The summed E-state index contributed by atoms with van der Waals surface area (Å²) in [6.07, 6.45) is 6.22. The largest absolute Gasteiger partial charge is 0.507 e. The molecule has 1 aromatic carbocycles. The number of nitrogens with two attached hydrogens (primary N) is 1. The Morgan fingerprint density at radius 3 is 2.76 bits per heavy atom. The summed E-state index contributed by atoms with van der Waals surface area (Å²) in [5, 5.41) is 10.3. The molecule has 0 unspecified atom stereocenters. The van der Waals surface area contributed by atoms with Crippen molar-refractivity contribution in [2.24, 2.45) is 5.73 Å². The molecule has 0 aliphatic heterocycles. The van der Waals surface area contributed by atoms with Crippen molar-refractivity contribution in [1.29, 1.82) is 0 Å². The molecule has 0 spiro atoms. The number of benzene rings is 1. The van der Waals surface area contributed by atoms with Gasteiger partial charge in [0.05, 0.1) is 4.88 Å². The summed E-state index contributed by atoms with van der Waals surface area (Å²) in [4.78, 5) is 29.5. The highest BCUT2D eigenvalue weighted by atomic mass is 35.5. The average Bonchev–Trinajstić information content (AvgIpc) is 3.11. The highest BCUT2D eigenvalue weighted by molar-refractivity contribution is 7.14. The number of aromatic nitrogens is 1. The Bertz CT molecular complexity index is 1330. The van der Waals surface area contributed by atoms with Gasteiger partial charge in [-0.2, -0.15) is 4.98 Å². The standard InChI is InChI=1S/C23H19ClF2N2O5S/c1-12(20(30)19-17(29)11-13(32-22(19)31)5-3-2-4-8-27)9-18-21(24)28-23(34-18)33-14-6-7-15(25)16(26)10-14/h4,6-11,29H,2-3,5,27H2,1H3/b8-4+,12-9+. The number of aryl methyl sites for hydroxylation is 1. The van der Waals surface area contributed by atoms with E-state index in [2.05, 4.69) is 4.98 Å². The van der Waals surface area contributed by atoms with Gasteiger partial charge in [0.2, 0.25) is 0 Å². The zero-order chi connectivity index (χ0) is 24.8. The van der Waals surface area contributed by atoms with Gasteiger partial charge in [0.25, 0.3) is 5.19 Å². The normalized spacial score (nSPS) is 11.8. The van der Waals surface area contributed by atoms with Crippen molar-refractivity contribution < 1.29 is 27.8 Å². The molecule has 0 saturated heterocycles. The number of halogens is 3. The van der Waals surface area contributed by atoms with Crippen molar-refractivity contribution in [2.45, 2.75) is 26.2 Å². The molecule has 0 aliphatic carbocycles. The summed E-state index contributed by atoms with van der Waals surface area (Å²) in [6, 6.07) is 4.22. The minimum Gasteiger partial charge on any atom is -0.507 e. The molecule has 0 amide bonds. The second kappa shape index (κ2) is 11.1. The number of allylic oxidation sites excluding steroid dienone is 2. The number of carbonyl (C=O) groups excluding carboxylic acids is 1. The zero-order valence-electron chi connectivity index (χ0n) is 17.8. The number of carbonyl (C=O) groups is 1. The third-order valence-corrected chi connectivity index (χ3v) is 5.81. The molecular weight excluding hydrogens is 490 g/mol. The van der Waals surface area contributed by atoms with Crippen LogP contribution < -0.4 is 16.1 Å². The van der Waals surface area contributed by atoms with Crippen LogP contribution in [0.3, 0.4) is 0 Å². The Balaban J connectivity index is 1.79. The van der Waals surface area contributed by atoms with Crippen LogP contribution >= 0.6 is 22.9 Å². The molecule has 2 aromatic heterocycles. The second-order valence-corrected chi connectivity index (χ2v) is 8.40. The molecule has 0 bridgehead atoms. The summed E-state index contributed by atoms with van der Waals surface area (Å²) >= 11 is 7.04. The van der Waals surface area contributed by atoms with E-state index in [-0.39, 0.29) is 27.4 Å². The van der Waals surface area contributed by atoms with Crippen LogP contribution in [0.4, 0.5) is 8.78 Å². The van der Waals surface area contributed by atoms with Gasteiger partial charge in [0.15, 0.2) is 22.6 Å². The van der Waals surface area contributed by atoms with Crippen LogP contribution in [0.5, 0.6) is 16.7 Å². The lowest BCUT2D eigenvalue weighted by molar-refractivity contribution is 0.102. The lowest BCUT2D eigenvalue weighted by atomic mass is 10.0. The maximum atomic E-state index is 13.4. The fraction of sp³-hybridized carbons (Fsp3) is 0.174. The zero-order valence-corrected chi connectivity index (χ0v) is 19.4. The molecule has 3 rings (SSSR count). The first-order chi connectivity index (χ1) is 16.2. The van der Waals surface area contributed by atoms with Gasteiger partial charge in [-0.15, -0.1) is 0 Å². The van der Waals surface area contributed by atoms with Crippen LogP contribution in [0.15, 0.2) is 51.3 Å². The van der Waals surface area contributed by atoms with Crippen LogP contribution in [-0.2, 0) is 6.42 Å². The minimum absolute atomic E-state index is 0.00660. The first-order valence-corrected chi connectivity index (χ1v) is 11.1. The molecule has 3 N–H and O–H groups in total. The van der Waals surface area contributed by atoms with E-state index in [1.807, 2.05) is 0 Å². The van der Waals surface area contributed by atoms with E-state index in [4.69, 9.17) is 26.5 Å². The molecule has 0 radical (unpaired) electrons. The number of hydrogen-bond acceptors (Lipinski definition) is 8. The van der Waals surface area contributed by atoms with Crippen LogP contribution in [0.25, 0.3) is 6.08 Å². The van der Waals surface area contributed by atoms with Gasteiger partial charge in [-0.1, -0.05) is 29.0 Å². The van der Waals surface area contributed by atoms with E-state index < -0.39 is 34.4 Å². The fourth-order valence-corrected chi connectivity index (χ4v) is 4.00. The van der Waals surface area contributed by atoms with E-state index in [0.29, 0.717) is 24.1 Å². The summed E-state index contributed by atoms with van der Waals surface area (Å²) in [6.45, 7) is 1.43. The highest BCUT2D eigenvalue weighted by Gasteiger charge is 2.21. The molecular formula is C23H19ClF2N2O5S. The summed E-state index contributed by atoms with van der Waals surface area (Å²) < 4.78 is 37.0. The number of ether oxygens (including phenoxy) is 1. The van der Waals surface area contributed by atoms with Crippen LogP contribution in [0.2, 0.25) is 5.15 Å². The Morgan fingerprint density at radius 1 is 1.32 bits per heavy atom. The number of unbranched alkanes of at least 4 members (excludes halogenated alkanes) is 1. The van der Waals surface area contributed by atoms with Crippen molar-refractivity contribution in [2.75, 3.05) is 0 Å². The lowest BCUT2D eigenvalue weighted by Gasteiger charge is -2.05. The SMILES string of the molecule is C/C(=C\c1sc(Oc2ccc(F)c(F)c2)nc1Cl)C(=O)c1c(O)cc(CCC/C=C/N)oc1=O. The maximum absolute atomic E-state index is 13.4. The molecule has 2 heterocycles. The Kier molecular flexibility index (Phi) is 8.19. The highest BCUT2D eigenvalue weighted by Crippen LogP contribution is 2.34. The van der Waals surface area contributed by atoms with E-state index in [9.17, 15) is 23.5 Å². The predicted molar refractivity (Wildman–Crippen MR) is 124 cm³/mol. The average molecular weight is 509 g/mol.